The van der Waals surface area contributed by atoms with Gasteiger partial charge in [-0.25, -0.2) is 8.42 Å². The number of piperazine rings is 1. The molecule has 3 aromatic rings. The van der Waals surface area contributed by atoms with Gasteiger partial charge in [0.15, 0.2) is 5.11 Å². The van der Waals surface area contributed by atoms with Gasteiger partial charge in [-0.2, -0.15) is 4.31 Å². The number of rotatable bonds is 3. The van der Waals surface area contributed by atoms with Crippen molar-refractivity contribution in [1.82, 2.24) is 9.21 Å². The molecule has 7 heteroatoms. The predicted octanol–water partition coefficient (Wildman–Crippen LogP) is 3.54. The summed E-state index contributed by atoms with van der Waals surface area (Å²) in [7, 11) is -3.46. The van der Waals surface area contributed by atoms with Crippen LogP contribution in [0.5, 0.6) is 0 Å². The van der Waals surface area contributed by atoms with Crippen LogP contribution in [-0.2, 0) is 10.0 Å². The zero-order valence-corrected chi connectivity index (χ0v) is 16.9. The largest absolute Gasteiger partial charge is 0.346 e. The molecule has 0 bridgehead atoms. The minimum absolute atomic E-state index is 0.333. The molecule has 0 aliphatic carbocycles. The third kappa shape index (κ3) is 3.73. The summed E-state index contributed by atoms with van der Waals surface area (Å²) in [6.45, 7) is 1.94. The van der Waals surface area contributed by atoms with E-state index in [-0.39, 0.29) is 0 Å². The average molecular weight is 412 g/mol. The molecule has 1 heterocycles. The van der Waals surface area contributed by atoms with Crippen molar-refractivity contribution in [3.8, 4) is 0 Å². The lowest BCUT2D eigenvalue weighted by atomic mass is 10.1. The van der Waals surface area contributed by atoms with Gasteiger partial charge >= 0.3 is 0 Å². The fraction of sp³-hybridized carbons (Fsp3) is 0.190. The highest BCUT2D eigenvalue weighted by Crippen LogP contribution is 2.24. The van der Waals surface area contributed by atoms with Crippen LogP contribution >= 0.6 is 12.2 Å². The molecule has 144 valence electrons. The Labute approximate surface area is 170 Å². The van der Waals surface area contributed by atoms with Gasteiger partial charge in [-0.1, -0.05) is 54.6 Å². The Hall–Kier alpha value is -2.48. The molecule has 5 nitrogen and oxygen atoms in total. The maximum absolute atomic E-state index is 12.8. The summed E-state index contributed by atoms with van der Waals surface area (Å²) in [5, 5.41) is 6.20. The molecule has 1 aliphatic rings. The number of anilines is 1. The van der Waals surface area contributed by atoms with Crippen LogP contribution in [0, 0.1) is 0 Å². The van der Waals surface area contributed by atoms with Gasteiger partial charge in [-0.3, -0.25) is 0 Å². The molecule has 28 heavy (non-hydrogen) atoms. The maximum Gasteiger partial charge on any atom is 0.243 e. The van der Waals surface area contributed by atoms with E-state index >= 15 is 0 Å². The second-order valence-electron chi connectivity index (χ2n) is 6.66. The van der Waals surface area contributed by atoms with Crippen LogP contribution in [0.25, 0.3) is 10.8 Å². The number of hydrogen-bond donors (Lipinski definition) is 1. The van der Waals surface area contributed by atoms with Crippen molar-refractivity contribution in [1.29, 1.82) is 0 Å². The Balaban J connectivity index is 1.43. The van der Waals surface area contributed by atoms with E-state index in [1.807, 2.05) is 35.2 Å². The first-order valence-electron chi connectivity index (χ1n) is 9.14. The molecule has 0 spiro atoms. The van der Waals surface area contributed by atoms with Gasteiger partial charge in [0, 0.05) is 37.3 Å². The molecular formula is C21H21N3O2S2. The van der Waals surface area contributed by atoms with Crippen molar-refractivity contribution in [2.45, 2.75) is 4.90 Å². The Bertz CT molecular complexity index is 1090. The lowest BCUT2D eigenvalue weighted by Crippen LogP contribution is -2.51. The number of hydrogen-bond acceptors (Lipinski definition) is 3. The lowest BCUT2D eigenvalue weighted by molar-refractivity contribution is 0.268. The molecular weight excluding hydrogens is 390 g/mol. The Kier molecular flexibility index (Phi) is 5.30. The quantitative estimate of drug-likeness (QED) is 0.668. The van der Waals surface area contributed by atoms with E-state index in [0.29, 0.717) is 36.2 Å². The highest BCUT2D eigenvalue weighted by molar-refractivity contribution is 7.89. The zero-order valence-electron chi connectivity index (χ0n) is 15.3. The number of thiocarbonyl (C=S) groups is 1. The average Bonchev–Trinajstić information content (AvgIpc) is 2.75. The van der Waals surface area contributed by atoms with Gasteiger partial charge in [0.1, 0.15) is 0 Å². The number of sulfonamides is 1. The van der Waals surface area contributed by atoms with Gasteiger partial charge in [0.05, 0.1) is 4.90 Å². The summed E-state index contributed by atoms with van der Waals surface area (Å²) in [6.07, 6.45) is 0. The molecule has 1 aliphatic heterocycles. The van der Waals surface area contributed by atoms with Crippen LogP contribution < -0.4 is 5.32 Å². The number of nitrogens with zero attached hydrogens (tertiary/aromatic N) is 2. The van der Waals surface area contributed by atoms with Gasteiger partial charge in [-0.15, -0.1) is 0 Å². The Morgan fingerprint density at radius 3 is 2.21 bits per heavy atom. The van der Waals surface area contributed by atoms with Crippen molar-refractivity contribution < 1.29 is 8.42 Å². The second kappa shape index (κ2) is 7.87. The fourth-order valence-corrected chi connectivity index (χ4v) is 5.14. The van der Waals surface area contributed by atoms with E-state index < -0.39 is 10.0 Å². The molecule has 3 aromatic carbocycles. The van der Waals surface area contributed by atoms with E-state index in [1.54, 1.807) is 24.3 Å². The molecule has 1 saturated heterocycles. The van der Waals surface area contributed by atoms with E-state index in [4.69, 9.17) is 12.2 Å². The fourth-order valence-electron chi connectivity index (χ4n) is 3.40. The monoisotopic (exact) mass is 411 g/mol. The lowest BCUT2D eigenvalue weighted by Gasteiger charge is -2.35. The molecule has 1 N–H and O–H groups in total. The van der Waals surface area contributed by atoms with Crippen molar-refractivity contribution in [3.05, 3.63) is 72.8 Å². The van der Waals surface area contributed by atoms with E-state index in [1.165, 1.54) is 4.31 Å². The molecule has 0 amide bonds. The predicted molar refractivity (Wildman–Crippen MR) is 117 cm³/mol. The van der Waals surface area contributed by atoms with Crippen LogP contribution in [0.1, 0.15) is 0 Å². The van der Waals surface area contributed by atoms with Crippen molar-refractivity contribution >= 4 is 43.8 Å². The molecule has 0 saturated carbocycles. The standard InChI is InChI=1S/C21H21N3O2S2/c25-28(26,18-9-2-1-3-10-18)24-15-13-23(14-16-24)21(27)22-20-12-6-8-17-7-4-5-11-19(17)20/h1-12H,13-16H2,(H,22,27). The van der Waals surface area contributed by atoms with Crippen LogP contribution in [0.3, 0.4) is 0 Å². The van der Waals surface area contributed by atoms with Crippen molar-refractivity contribution in [3.63, 3.8) is 0 Å². The Morgan fingerprint density at radius 2 is 1.46 bits per heavy atom. The SMILES string of the molecule is O=S(=O)(c1ccccc1)N1CCN(C(=S)Nc2cccc3ccccc23)CC1. The van der Waals surface area contributed by atoms with Crippen molar-refractivity contribution in [2.24, 2.45) is 0 Å². The minimum atomic E-state index is -3.46. The highest BCUT2D eigenvalue weighted by atomic mass is 32.2. The molecule has 0 atom stereocenters. The molecule has 0 aromatic heterocycles. The third-order valence-corrected chi connectivity index (χ3v) is 7.21. The van der Waals surface area contributed by atoms with Crippen LogP contribution in [-0.4, -0.2) is 48.9 Å². The van der Waals surface area contributed by atoms with E-state index in [9.17, 15) is 8.42 Å². The smallest absolute Gasteiger partial charge is 0.243 e. The third-order valence-electron chi connectivity index (χ3n) is 4.94. The minimum Gasteiger partial charge on any atom is -0.346 e. The summed E-state index contributed by atoms with van der Waals surface area (Å²) >= 11 is 5.59. The van der Waals surface area contributed by atoms with Crippen LogP contribution in [0.15, 0.2) is 77.7 Å². The van der Waals surface area contributed by atoms with Gasteiger partial charge < -0.3 is 10.2 Å². The summed E-state index contributed by atoms with van der Waals surface area (Å²) in [5.41, 5.74) is 0.961. The van der Waals surface area contributed by atoms with Gasteiger partial charge in [-0.05, 0) is 35.8 Å². The van der Waals surface area contributed by atoms with Crippen LogP contribution in [0.4, 0.5) is 5.69 Å². The van der Waals surface area contributed by atoms with Crippen molar-refractivity contribution in [2.75, 3.05) is 31.5 Å². The summed E-state index contributed by atoms with van der Waals surface area (Å²) in [6, 6.07) is 22.8. The highest BCUT2D eigenvalue weighted by Gasteiger charge is 2.29. The van der Waals surface area contributed by atoms with Gasteiger partial charge in [0.25, 0.3) is 0 Å². The van der Waals surface area contributed by atoms with E-state index in [0.717, 1.165) is 16.5 Å². The second-order valence-corrected chi connectivity index (χ2v) is 8.99. The van der Waals surface area contributed by atoms with Crippen LogP contribution in [0.2, 0.25) is 0 Å². The molecule has 0 unspecified atom stereocenters. The summed E-state index contributed by atoms with van der Waals surface area (Å²) in [4.78, 5) is 2.36. The Morgan fingerprint density at radius 1 is 0.821 bits per heavy atom. The first kappa shape index (κ1) is 18.9. The molecule has 1 fully saturated rings. The van der Waals surface area contributed by atoms with E-state index in [2.05, 4.69) is 23.5 Å². The number of fused-ring (bicyclic) bond motifs is 1. The zero-order chi connectivity index (χ0) is 19.6. The van der Waals surface area contributed by atoms with Gasteiger partial charge in [0.2, 0.25) is 10.0 Å². The number of benzene rings is 3. The summed E-state index contributed by atoms with van der Waals surface area (Å²) in [5.74, 6) is 0. The first-order valence-corrected chi connectivity index (χ1v) is 11.0. The normalized spacial score (nSPS) is 15.5. The first-order chi connectivity index (χ1) is 13.6. The summed E-state index contributed by atoms with van der Waals surface area (Å²) < 4.78 is 27.0. The number of nitrogens with one attached hydrogen (secondary N) is 1. The maximum atomic E-state index is 12.8. The molecule has 0 radical (unpaired) electrons. The topological polar surface area (TPSA) is 52.7 Å². The molecule has 4 rings (SSSR count).